The van der Waals surface area contributed by atoms with Crippen molar-refractivity contribution in [1.82, 2.24) is 4.98 Å². The first kappa shape index (κ1) is 14.2. The predicted molar refractivity (Wildman–Crippen MR) is 84.0 cm³/mol. The maximum atomic E-state index is 6.15. The number of nitrogens with one attached hydrogen (secondary N) is 1. The van der Waals surface area contributed by atoms with Crippen molar-refractivity contribution in [1.29, 1.82) is 0 Å². The minimum atomic E-state index is 0.827. The number of anilines is 1. The van der Waals surface area contributed by atoms with Crippen LogP contribution in [-0.4, -0.2) is 11.5 Å². The number of hydrogen-bond acceptors (Lipinski definition) is 3. The number of pyridine rings is 1. The summed E-state index contributed by atoms with van der Waals surface area (Å²) >= 11 is 7.92. The van der Waals surface area contributed by atoms with Gasteiger partial charge in [0.05, 0.1) is 0 Å². The standard InChI is InChI=1S/C15H17ClN2S/c1-2-8-17-15-10-13(7-9-18-15)19-11-12-5-3-4-6-14(12)16/h3-7,9-10H,2,8,11H2,1H3,(H,17,18). The molecule has 0 aliphatic heterocycles. The average Bonchev–Trinajstić information content (AvgIpc) is 2.45. The molecule has 0 saturated heterocycles. The molecule has 1 aromatic carbocycles. The lowest BCUT2D eigenvalue weighted by atomic mass is 10.2. The molecule has 0 amide bonds. The third-order valence-electron chi connectivity index (χ3n) is 2.64. The van der Waals surface area contributed by atoms with Crippen LogP contribution in [-0.2, 0) is 5.75 Å². The molecule has 0 fully saturated rings. The van der Waals surface area contributed by atoms with Crippen molar-refractivity contribution < 1.29 is 0 Å². The zero-order valence-corrected chi connectivity index (χ0v) is 12.5. The number of benzene rings is 1. The average molecular weight is 293 g/mol. The van der Waals surface area contributed by atoms with E-state index in [1.54, 1.807) is 11.8 Å². The Morgan fingerprint density at radius 1 is 1.26 bits per heavy atom. The summed E-state index contributed by atoms with van der Waals surface area (Å²) in [5, 5.41) is 4.12. The van der Waals surface area contributed by atoms with E-state index in [-0.39, 0.29) is 0 Å². The Morgan fingerprint density at radius 2 is 2.11 bits per heavy atom. The summed E-state index contributed by atoms with van der Waals surface area (Å²) in [5.74, 6) is 1.81. The van der Waals surface area contributed by atoms with Crippen LogP contribution < -0.4 is 5.32 Å². The highest BCUT2D eigenvalue weighted by molar-refractivity contribution is 7.98. The normalized spacial score (nSPS) is 10.4. The Labute approximate surface area is 123 Å². The Hall–Kier alpha value is -1.19. The van der Waals surface area contributed by atoms with Crippen LogP contribution in [0.3, 0.4) is 0 Å². The van der Waals surface area contributed by atoms with E-state index in [0.29, 0.717) is 0 Å². The SMILES string of the molecule is CCCNc1cc(SCc2ccccc2Cl)ccn1. The molecule has 19 heavy (non-hydrogen) atoms. The Morgan fingerprint density at radius 3 is 2.89 bits per heavy atom. The lowest BCUT2D eigenvalue weighted by molar-refractivity contribution is 0.967. The Balaban J connectivity index is 1.98. The van der Waals surface area contributed by atoms with Gasteiger partial charge in [-0.1, -0.05) is 36.7 Å². The first-order valence-electron chi connectivity index (χ1n) is 6.35. The van der Waals surface area contributed by atoms with E-state index >= 15 is 0 Å². The molecule has 4 heteroatoms. The first-order valence-corrected chi connectivity index (χ1v) is 7.72. The lowest BCUT2D eigenvalue weighted by Crippen LogP contribution is -2.01. The summed E-state index contributed by atoms with van der Waals surface area (Å²) in [4.78, 5) is 5.50. The second kappa shape index (κ2) is 7.41. The van der Waals surface area contributed by atoms with E-state index in [2.05, 4.69) is 29.4 Å². The van der Waals surface area contributed by atoms with Gasteiger partial charge in [-0.05, 0) is 30.2 Å². The van der Waals surface area contributed by atoms with E-state index in [4.69, 9.17) is 11.6 Å². The van der Waals surface area contributed by atoms with Gasteiger partial charge in [0.25, 0.3) is 0 Å². The van der Waals surface area contributed by atoms with E-state index in [1.807, 2.05) is 30.5 Å². The molecule has 0 saturated carbocycles. The molecule has 0 unspecified atom stereocenters. The molecule has 1 N–H and O–H groups in total. The monoisotopic (exact) mass is 292 g/mol. The molecule has 0 bridgehead atoms. The van der Waals surface area contributed by atoms with Gasteiger partial charge in [0.1, 0.15) is 5.82 Å². The van der Waals surface area contributed by atoms with Crippen LogP contribution in [0.4, 0.5) is 5.82 Å². The molecule has 0 aliphatic rings. The van der Waals surface area contributed by atoms with Crippen molar-refractivity contribution in [3.63, 3.8) is 0 Å². The van der Waals surface area contributed by atoms with Gasteiger partial charge in [0, 0.05) is 28.4 Å². The van der Waals surface area contributed by atoms with Crippen molar-refractivity contribution in [2.45, 2.75) is 24.0 Å². The smallest absolute Gasteiger partial charge is 0.126 e. The van der Waals surface area contributed by atoms with Gasteiger partial charge >= 0.3 is 0 Å². The Kier molecular flexibility index (Phi) is 5.55. The van der Waals surface area contributed by atoms with Crippen LogP contribution in [0.5, 0.6) is 0 Å². The van der Waals surface area contributed by atoms with Crippen molar-refractivity contribution >= 4 is 29.2 Å². The van der Waals surface area contributed by atoms with E-state index in [9.17, 15) is 0 Å². The van der Waals surface area contributed by atoms with Crippen LogP contribution >= 0.6 is 23.4 Å². The number of nitrogens with zero attached hydrogens (tertiary/aromatic N) is 1. The summed E-state index contributed by atoms with van der Waals surface area (Å²) in [6, 6.07) is 12.1. The van der Waals surface area contributed by atoms with Crippen LogP contribution in [0.15, 0.2) is 47.5 Å². The molecule has 0 radical (unpaired) electrons. The minimum absolute atomic E-state index is 0.827. The molecular formula is C15H17ClN2S. The fourth-order valence-corrected chi connectivity index (χ4v) is 2.83. The van der Waals surface area contributed by atoms with Crippen molar-refractivity contribution in [2.24, 2.45) is 0 Å². The quantitative estimate of drug-likeness (QED) is 0.771. The molecule has 0 atom stereocenters. The number of hydrogen-bond donors (Lipinski definition) is 1. The molecule has 0 spiro atoms. The Bertz CT molecular complexity index is 531. The highest BCUT2D eigenvalue weighted by Crippen LogP contribution is 2.27. The van der Waals surface area contributed by atoms with Crippen molar-refractivity contribution in [3.05, 3.63) is 53.2 Å². The molecule has 0 aliphatic carbocycles. The molecule has 1 aromatic heterocycles. The summed E-state index contributed by atoms with van der Waals surface area (Å²) in [6.45, 7) is 3.09. The van der Waals surface area contributed by atoms with Crippen molar-refractivity contribution in [3.8, 4) is 0 Å². The molecule has 2 aromatic rings. The highest BCUT2D eigenvalue weighted by Gasteiger charge is 2.02. The first-order chi connectivity index (χ1) is 9.29. The molecule has 2 rings (SSSR count). The van der Waals surface area contributed by atoms with E-state index < -0.39 is 0 Å². The van der Waals surface area contributed by atoms with Gasteiger partial charge in [-0.3, -0.25) is 0 Å². The molecule has 100 valence electrons. The second-order valence-corrected chi connectivity index (χ2v) is 5.64. The maximum absolute atomic E-state index is 6.15. The fraction of sp³-hybridized carbons (Fsp3) is 0.267. The van der Waals surface area contributed by atoms with E-state index in [1.165, 1.54) is 4.90 Å². The van der Waals surface area contributed by atoms with Crippen LogP contribution in [0, 0.1) is 0 Å². The maximum Gasteiger partial charge on any atom is 0.126 e. The topological polar surface area (TPSA) is 24.9 Å². The summed E-state index contributed by atoms with van der Waals surface area (Å²) in [6.07, 6.45) is 2.94. The molecular weight excluding hydrogens is 276 g/mol. The van der Waals surface area contributed by atoms with Gasteiger partial charge < -0.3 is 5.32 Å². The van der Waals surface area contributed by atoms with Gasteiger partial charge in [0.15, 0.2) is 0 Å². The summed E-state index contributed by atoms with van der Waals surface area (Å²) in [5.41, 5.74) is 1.16. The van der Waals surface area contributed by atoms with Gasteiger partial charge in [-0.2, -0.15) is 0 Å². The highest BCUT2D eigenvalue weighted by atomic mass is 35.5. The number of rotatable bonds is 6. The van der Waals surface area contributed by atoms with Gasteiger partial charge in [-0.25, -0.2) is 4.98 Å². The number of halogens is 1. The van der Waals surface area contributed by atoms with Crippen LogP contribution in [0.2, 0.25) is 5.02 Å². The van der Waals surface area contributed by atoms with Gasteiger partial charge in [0.2, 0.25) is 0 Å². The summed E-state index contributed by atoms with van der Waals surface area (Å²) < 4.78 is 0. The minimum Gasteiger partial charge on any atom is -0.370 e. The molecule has 1 heterocycles. The number of thioether (sulfide) groups is 1. The zero-order valence-electron chi connectivity index (χ0n) is 10.9. The fourth-order valence-electron chi connectivity index (χ4n) is 1.63. The third-order valence-corrected chi connectivity index (χ3v) is 4.05. The van der Waals surface area contributed by atoms with Crippen molar-refractivity contribution in [2.75, 3.05) is 11.9 Å². The third kappa shape index (κ3) is 4.44. The van der Waals surface area contributed by atoms with Crippen LogP contribution in [0.1, 0.15) is 18.9 Å². The zero-order chi connectivity index (χ0) is 13.5. The largest absolute Gasteiger partial charge is 0.370 e. The second-order valence-electron chi connectivity index (χ2n) is 4.18. The number of aromatic nitrogens is 1. The van der Waals surface area contributed by atoms with Crippen LogP contribution in [0.25, 0.3) is 0 Å². The van der Waals surface area contributed by atoms with E-state index in [0.717, 1.165) is 35.1 Å². The summed E-state index contributed by atoms with van der Waals surface area (Å²) in [7, 11) is 0. The lowest BCUT2D eigenvalue weighted by Gasteiger charge is -2.07. The van der Waals surface area contributed by atoms with Gasteiger partial charge in [-0.15, -0.1) is 11.8 Å². The molecule has 2 nitrogen and oxygen atoms in total. The predicted octanol–water partition coefficient (Wildman–Crippen LogP) is 4.85.